The van der Waals surface area contributed by atoms with Crippen LogP contribution in [-0.2, 0) is 13.1 Å². The Labute approximate surface area is 180 Å². The van der Waals surface area contributed by atoms with E-state index in [0.29, 0.717) is 0 Å². The van der Waals surface area contributed by atoms with Crippen LogP contribution in [0.3, 0.4) is 0 Å². The van der Waals surface area contributed by atoms with Crippen LogP contribution >= 0.6 is 15.9 Å². The summed E-state index contributed by atoms with van der Waals surface area (Å²) in [4.78, 5) is 9.47. The number of hydrogen-bond donors (Lipinski definition) is 0. The van der Waals surface area contributed by atoms with Crippen LogP contribution in [0.4, 0.5) is 0 Å². The predicted molar refractivity (Wildman–Crippen MR) is 119 cm³/mol. The Balaban J connectivity index is 1.43. The molecule has 0 unspecified atom stereocenters. The lowest BCUT2D eigenvalue weighted by molar-refractivity contribution is 0.246. The first kappa shape index (κ1) is 20.3. The molecule has 1 aliphatic heterocycles. The van der Waals surface area contributed by atoms with Gasteiger partial charge in [-0.1, -0.05) is 33.2 Å². The van der Waals surface area contributed by atoms with Crippen LogP contribution in [0.25, 0.3) is 11.1 Å². The molecular formula is C23H27BrN4O. The molecule has 3 heterocycles. The molecule has 0 saturated carbocycles. The minimum Gasteiger partial charge on any atom is -0.361 e. The van der Waals surface area contributed by atoms with Gasteiger partial charge in [-0.2, -0.15) is 0 Å². The average molecular weight is 455 g/mol. The SMILES string of the molecule is Cc1noc(C)c1CN1CCCN(Cc2cnccc2-c2ccc(Br)cc2)CC1. The van der Waals surface area contributed by atoms with Crippen LogP contribution in [0.15, 0.2) is 51.7 Å². The first-order chi connectivity index (χ1) is 14.1. The van der Waals surface area contributed by atoms with E-state index < -0.39 is 0 Å². The first-order valence-corrected chi connectivity index (χ1v) is 10.9. The lowest BCUT2D eigenvalue weighted by atomic mass is 10.0. The third-order valence-electron chi connectivity index (χ3n) is 5.70. The molecular weight excluding hydrogens is 428 g/mol. The Kier molecular flexibility index (Phi) is 6.43. The quantitative estimate of drug-likeness (QED) is 0.552. The fraction of sp³-hybridized carbons (Fsp3) is 0.391. The monoisotopic (exact) mass is 454 g/mol. The van der Waals surface area contributed by atoms with Crippen molar-refractivity contribution in [2.45, 2.75) is 33.4 Å². The van der Waals surface area contributed by atoms with Gasteiger partial charge in [0.15, 0.2) is 0 Å². The molecule has 0 radical (unpaired) electrons. The smallest absolute Gasteiger partial charge is 0.138 e. The van der Waals surface area contributed by atoms with E-state index in [2.05, 4.69) is 66.2 Å². The van der Waals surface area contributed by atoms with E-state index in [1.165, 1.54) is 22.3 Å². The van der Waals surface area contributed by atoms with Gasteiger partial charge in [-0.05, 0) is 68.2 Å². The minimum atomic E-state index is 0.923. The molecule has 29 heavy (non-hydrogen) atoms. The fourth-order valence-electron chi connectivity index (χ4n) is 4.00. The highest BCUT2D eigenvalue weighted by Crippen LogP contribution is 2.26. The Morgan fingerprint density at radius 2 is 1.69 bits per heavy atom. The van der Waals surface area contributed by atoms with Crippen molar-refractivity contribution >= 4 is 15.9 Å². The second-order valence-corrected chi connectivity index (χ2v) is 8.66. The van der Waals surface area contributed by atoms with E-state index in [0.717, 1.165) is 61.6 Å². The fourth-order valence-corrected chi connectivity index (χ4v) is 4.26. The summed E-state index contributed by atoms with van der Waals surface area (Å²) in [5.41, 5.74) is 6.04. The van der Waals surface area contributed by atoms with Crippen LogP contribution in [0.5, 0.6) is 0 Å². The Morgan fingerprint density at radius 1 is 0.966 bits per heavy atom. The van der Waals surface area contributed by atoms with Gasteiger partial charge < -0.3 is 4.52 Å². The lowest BCUT2D eigenvalue weighted by Gasteiger charge is -2.22. The number of hydrogen-bond acceptors (Lipinski definition) is 5. The average Bonchev–Trinajstić information content (AvgIpc) is 2.91. The van der Waals surface area contributed by atoms with Gasteiger partial charge in [0, 0.05) is 48.6 Å². The summed E-state index contributed by atoms with van der Waals surface area (Å²) >= 11 is 3.53. The molecule has 3 aromatic rings. The van der Waals surface area contributed by atoms with Gasteiger partial charge in [0.1, 0.15) is 5.76 Å². The van der Waals surface area contributed by atoms with E-state index in [4.69, 9.17) is 4.52 Å². The van der Waals surface area contributed by atoms with Crippen molar-refractivity contribution in [1.29, 1.82) is 0 Å². The van der Waals surface area contributed by atoms with Crippen molar-refractivity contribution in [3.8, 4) is 11.1 Å². The van der Waals surface area contributed by atoms with Gasteiger partial charge in [0.05, 0.1) is 5.69 Å². The number of benzene rings is 1. The van der Waals surface area contributed by atoms with Gasteiger partial charge in [-0.15, -0.1) is 0 Å². The molecule has 0 aliphatic carbocycles. The second-order valence-electron chi connectivity index (χ2n) is 7.75. The summed E-state index contributed by atoms with van der Waals surface area (Å²) in [6.07, 6.45) is 5.07. The third-order valence-corrected chi connectivity index (χ3v) is 6.23. The van der Waals surface area contributed by atoms with Crippen LogP contribution in [-0.4, -0.2) is 46.1 Å². The highest BCUT2D eigenvalue weighted by molar-refractivity contribution is 9.10. The van der Waals surface area contributed by atoms with Gasteiger partial charge in [0.25, 0.3) is 0 Å². The molecule has 4 rings (SSSR count). The molecule has 0 bridgehead atoms. The zero-order valence-electron chi connectivity index (χ0n) is 17.1. The topological polar surface area (TPSA) is 45.4 Å². The maximum absolute atomic E-state index is 5.33. The van der Waals surface area contributed by atoms with Crippen molar-refractivity contribution in [1.82, 2.24) is 19.9 Å². The van der Waals surface area contributed by atoms with Crippen molar-refractivity contribution in [3.05, 3.63) is 69.8 Å². The molecule has 0 atom stereocenters. The van der Waals surface area contributed by atoms with Gasteiger partial charge in [0.2, 0.25) is 0 Å². The molecule has 6 heteroatoms. The molecule has 0 N–H and O–H groups in total. The van der Waals surface area contributed by atoms with E-state index >= 15 is 0 Å². The van der Waals surface area contributed by atoms with Gasteiger partial charge >= 0.3 is 0 Å². The normalized spacial score (nSPS) is 16.1. The minimum absolute atomic E-state index is 0.923. The maximum atomic E-state index is 5.33. The Hall–Kier alpha value is -2.02. The summed E-state index contributed by atoms with van der Waals surface area (Å²) in [6, 6.07) is 10.6. The zero-order chi connectivity index (χ0) is 20.2. The number of halogens is 1. The number of rotatable bonds is 5. The molecule has 1 aromatic carbocycles. The molecule has 0 spiro atoms. The number of aromatic nitrogens is 2. The zero-order valence-corrected chi connectivity index (χ0v) is 18.7. The van der Waals surface area contributed by atoms with Crippen LogP contribution in [0, 0.1) is 13.8 Å². The summed E-state index contributed by atoms with van der Waals surface area (Å²) in [5, 5.41) is 4.10. The first-order valence-electron chi connectivity index (χ1n) is 10.2. The van der Waals surface area contributed by atoms with Crippen LogP contribution < -0.4 is 0 Å². The molecule has 0 amide bonds. The van der Waals surface area contributed by atoms with E-state index in [9.17, 15) is 0 Å². The lowest BCUT2D eigenvalue weighted by Crippen LogP contribution is -2.30. The summed E-state index contributed by atoms with van der Waals surface area (Å²) in [5.74, 6) is 0.943. The summed E-state index contributed by atoms with van der Waals surface area (Å²) < 4.78 is 6.43. The van der Waals surface area contributed by atoms with E-state index in [-0.39, 0.29) is 0 Å². The van der Waals surface area contributed by atoms with E-state index in [1.54, 1.807) is 0 Å². The highest BCUT2D eigenvalue weighted by Gasteiger charge is 2.19. The number of nitrogens with zero attached hydrogens (tertiary/aromatic N) is 4. The third kappa shape index (κ3) is 4.94. The van der Waals surface area contributed by atoms with Gasteiger partial charge in [-0.25, -0.2) is 0 Å². The van der Waals surface area contributed by atoms with Gasteiger partial charge in [-0.3, -0.25) is 14.8 Å². The Bertz CT molecular complexity index is 934. The molecule has 1 aliphatic rings. The summed E-state index contributed by atoms with van der Waals surface area (Å²) in [6.45, 7) is 10.2. The van der Waals surface area contributed by atoms with Crippen LogP contribution in [0.2, 0.25) is 0 Å². The molecule has 1 saturated heterocycles. The van der Waals surface area contributed by atoms with Crippen molar-refractivity contribution in [2.24, 2.45) is 0 Å². The standard InChI is InChI=1S/C23H27BrN4O/c1-17-23(18(2)29-26-17)16-28-11-3-10-27(12-13-28)15-20-14-25-9-8-22(20)19-4-6-21(24)7-5-19/h4-9,14H,3,10-13,15-16H2,1-2H3. The van der Waals surface area contributed by atoms with Crippen LogP contribution in [0.1, 0.15) is 29.0 Å². The molecule has 5 nitrogen and oxygen atoms in total. The molecule has 2 aromatic heterocycles. The number of aryl methyl sites for hydroxylation is 2. The highest BCUT2D eigenvalue weighted by atomic mass is 79.9. The predicted octanol–water partition coefficient (Wildman–Crippen LogP) is 4.82. The Morgan fingerprint density at radius 3 is 2.38 bits per heavy atom. The largest absolute Gasteiger partial charge is 0.361 e. The van der Waals surface area contributed by atoms with Crippen molar-refractivity contribution in [2.75, 3.05) is 26.2 Å². The van der Waals surface area contributed by atoms with Crippen molar-refractivity contribution in [3.63, 3.8) is 0 Å². The number of pyridine rings is 1. The van der Waals surface area contributed by atoms with E-state index in [1.807, 2.05) is 26.2 Å². The molecule has 152 valence electrons. The summed E-state index contributed by atoms with van der Waals surface area (Å²) in [7, 11) is 0. The molecule has 1 fully saturated rings. The second kappa shape index (κ2) is 9.20. The maximum Gasteiger partial charge on any atom is 0.138 e. The van der Waals surface area contributed by atoms with Crippen molar-refractivity contribution < 1.29 is 4.52 Å².